The summed E-state index contributed by atoms with van der Waals surface area (Å²) in [5, 5.41) is 2.85. The average Bonchev–Trinajstić information content (AvgIpc) is 2.55. The minimum atomic E-state index is -0.328. The van der Waals surface area contributed by atoms with Crippen molar-refractivity contribution < 1.29 is 14.0 Å². The number of nitrogens with zero attached hydrogens (tertiary/aromatic N) is 1. The average molecular weight is 320 g/mol. The molecule has 23 heavy (non-hydrogen) atoms. The first-order valence-electron chi connectivity index (χ1n) is 8.27. The molecule has 1 aromatic rings. The quantitative estimate of drug-likeness (QED) is 0.829. The summed E-state index contributed by atoms with van der Waals surface area (Å²) in [5.74, 6) is 0.301. The highest BCUT2D eigenvalue weighted by Gasteiger charge is 2.23. The molecule has 126 valence electrons. The summed E-state index contributed by atoms with van der Waals surface area (Å²) in [5.41, 5.74) is 1.32. The van der Waals surface area contributed by atoms with Crippen LogP contribution < -0.4 is 5.32 Å². The first-order valence-corrected chi connectivity index (χ1v) is 8.27. The number of alkyl halides is 1. The monoisotopic (exact) mass is 320 g/mol. The lowest BCUT2D eigenvalue weighted by Gasteiger charge is -2.32. The molecule has 4 nitrogen and oxygen atoms in total. The molecule has 1 fully saturated rings. The van der Waals surface area contributed by atoms with Gasteiger partial charge in [-0.15, -0.1) is 0 Å². The Bertz CT molecular complexity index is 540. The predicted molar refractivity (Wildman–Crippen MR) is 89.5 cm³/mol. The molecule has 0 saturated carbocycles. The minimum absolute atomic E-state index is 0.0452. The van der Waals surface area contributed by atoms with Gasteiger partial charge >= 0.3 is 6.03 Å². The van der Waals surface area contributed by atoms with Gasteiger partial charge in [0.05, 0.1) is 6.67 Å². The lowest BCUT2D eigenvalue weighted by molar-refractivity contribution is 0.0939. The molecule has 1 aliphatic heterocycles. The fourth-order valence-corrected chi connectivity index (χ4v) is 2.89. The van der Waals surface area contributed by atoms with E-state index < -0.39 is 0 Å². The number of urea groups is 1. The standard InChI is InChI=1S/C18H25FN2O2/c1-13(2)17(22)15-5-7-16(8-6-15)20-18(23)21-11-3-4-14(12-21)9-10-19/h5-8,13-14H,3-4,9-12H2,1-2H3,(H,20,23). The van der Waals surface area contributed by atoms with Crippen molar-refractivity contribution in [3.63, 3.8) is 0 Å². The van der Waals surface area contributed by atoms with Gasteiger partial charge in [-0.3, -0.25) is 9.18 Å². The number of anilines is 1. The van der Waals surface area contributed by atoms with Gasteiger partial charge < -0.3 is 10.2 Å². The molecule has 1 N–H and O–H groups in total. The zero-order valence-electron chi connectivity index (χ0n) is 13.8. The second-order valence-corrected chi connectivity index (χ2v) is 6.46. The van der Waals surface area contributed by atoms with Gasteiger partial charge in [-0.25, -0.2) is 4.79 Å². The van der Waals surface area contributed by atoms with E-state index in [0.717, 1.165) is 12.8 Å². The van der Waals surface area contributed by atoms with E-state index in [2.05, 4.69) is 5.32 Å². The molecular weight excluding hydrogens is 295 g/mol. The maximum absolute atomic E-state index is 12.5. The van der Waals surface area contributed by atoms with Crippen LogP contribution in [0.15, 0.2) is 24.3 Å². The fourth-order valence-electron chi connectivity index (χ4n) is 2.89. The number of halogens is 1. The van der Waals surface area contributed by atoms with Gasteiger partial charge in [-0.1, -0.05) is 13.8 Å². The van der Waals surface area contributed by atoms with E-state index in [1.165, 1.54) is 0 Å². The minimum Gasteiger partial charge on any atom is -0.324 e. The highest BCUT2D eigenvalue weighted by Crippen LogP contribution is 2.21. The van der Waals surface area contributed by atoms with Crippen LogP contribution in [0, 0.1) is 11.8 Å². The van der Waals surface area contributed by atoms with Gasteiger partial charge in [0, 0.05) is 30.3 Å². The maximum atomic E-state index is 12.5. The van der Waals surface area contributed by atoms with Crippen molar-refractivity contribution in [3.8, 4) is 0 Å². The van der Waals surface area contributed by atoms with Crippen LogP contribution in [0.3, 0.4) is 0 Å². The topological polar surface area (TPSA) is 49.4 Å². The zero-order chi connectivity index (χ0) is 16.8. The molecule has 1 atom stereocenters. The molecule has 2 amide bonds. The Morgan fingerprint density at radius 2 is 2.00 bits per heavy atom. The molecule has 1 saturated heterocycles. The van der Waals surface area contributed by atoms with Crippen molar-refractivity contribution in [2.24, 2.45) is 11.8 Å². The Labute approximate surface area is 137 Å². The summed E-state index contributed by atoms with van der Waals surface area (Å²) < 4.78 is 12.5. The largest absolute Gasteiger partial charge is 0.324 e. The van der Waals surface area contributed by atoms with Gasteiger partial charge in [0.2, 0.25) is 0 Å². The van der Waals surface area contributed by atoms with Crippen molar-refractivity contribution in [2.45, 2.75) is 33.1 Å². The third-order valence-electron chi connectivity index (χ3n) is 4.27. The second-order valence-electron chi connectivity index (χ2n) is 6.46. The molecule has 1 unspecified atom stereocenters. The number of amides is 2. The number of benzene rings is 1. The number of hydrogen-bond donors (Lipinski definition) is 1. The lowest BCUT2D eigenvalue weighted by atomic mass is 9.95. The van der Waals surface area contributed by atoms with E-state index in [9.17, 15) is 14.0 Å². The number of rotatable bonds is 5. The number of carbonyl (C=O) groups excluding carboxylic acids is 2. The van der Waals surface area contributed by atoms with Crippen LogP contribution >= 0.6 is 0 Å². The van der Waals surface area contributed by atoms with E-state index in [1.54, 1.807) is 29.2 Å². The zero-order valence-corrected chi connectivity index (χ0v) is 13.8. The molecule has 1 aliphatic rings. The van der Waals surface area contributed by atoms with Gasteiger partial charge in [0.1, 0.15) is 0 Å². The summed E-state index contributed by atoms with van der Waals surface area (Å²) in [6.07, 6.45) is 2.43. The van der Waals surface area contributed by atoms with Crippen LogP contribution in [-0.4, -0.2) is 36.5 Å². The maximum Gasteiger partial charge on any atom is 0.321 e. The highest BCUT2D eigenvalue weighted by molar-refractivity contribution is 5.98. The van der Waals surface area contributed by atoms with E-state index in [1.807, 2.05) is 13.8 Å². The van der Waals surface area contributed by atoms with Crippen LogP contribution in [0.1, 0.15) is 43.5 Å². The third-order valence-corrected chi connectivity index (χ3v) is 4.27. The van der Waals surface area contributed by atoms with Crippen LogP contribution in [0.4, 0.5) is 14.9 Å². The van der Waals surface area contributed by atoms with Crippen molar-refractivity contribution in [1.82, 2.24) is 4.90 Å². The lowest BCUT2D eigenvalue weighted by Crippen LogP contribution is -2.42. The summed E-state index contributed by atoms with van der Waals surface area (Å²) >= 11 is 0. The van der Waals surface area contributed by atoms with E-state index in [4.69, 9.17) is 0 Å². The van der Waals surface area contributed by atoms with E-state index in [0.29, 0.717) is 30.8 Å². The number of piperidine rings is 1. The first-order chi connectivity index (χ1) is 11.0. The third kappa shape index (κ3) is 4.78. The van der Waals surface area contributed by atoms with Gasteiger partial charge in [-0.05, 0) is 49.4 Å². The second kappa shape index (κ2) is 8.09. The SMILES string of the molecule is CC(C)C(=O)c1ccc(NC(=O)N2CCCC(CCF)C2)cc1. The Kier molecular flexibility index (Phi) is 6.13. The normalized spacial score (nSPS) is 18.1. The Morgan fingerprint density at radius 1 is 1.30 bits per heavy atom. The number of ketones is 1. The van der Waals surface area contributed by atoms with E-state index >= 15 is 0 Å². The molecule has 0 aliphatic carbocycles. The van der Waals surface area contributed by atoms with Gasteiger partial charge in [-0.2, -0.15) is 0 Å². The number of hydrogen-bond acceptors (Lipinski definition) is 2. The van der Waals surface area contributed by atoms with Crippen molar-refractivity contribution in [2.75, 3.05) is 25.1 Å². The highest BCUT2D eigenvalue weighted by atomic mass is 19.1. The predicted octanol–water partition coefficient (Wildman–Crippen LogP) is 4.13. The molecule has 0 aromatic heterocycles. The summed E-state index contributed by atoms with van der Waals surface area (Å²) in [6.45, 7) is 4.72. The van der Waals surface area contributed by atoms with Gasteiger partial charge in [0.15, 0.2) is 5.78 Å². The molecule has 5 heteroatoms. The Hall–Kier alpha value is -1.91. The van der Waals surface area contributed by atoms with Crippen LogP contribution in [0.5, 0.6) is 0 Å². The van der Waals surface area contributed by atoms with Crippen LogP contribution in [0.25, 0.3) is 0 Å². The molecule has 1 aromatic carbocycles. The summed E-state index contributed by atoms with van der Waals surface area (Å²) in [7, 11) is 0. The number of nitrogens with one attached hydrogen (secondary N) is 1. The Balaban J connectivity index is 1.93. The number of Topliss-reactive ketones (excluding diaryl/α,β-unsaturated/α-hetero) is 1. The summed E-state index contributed by atoms with van der Waals surface area (Å²) in [6, 6.07) is 6.81. The van der Waals surface area contributed by atoms with Crippen molar-refractivity contribution in [1.29, 1.82) is 0 Å². The molecule has 0 bridgehead atoms. The molecule has 0 radical (unpaired) electrons. The summed E-state index contributed by atoms with van der Waals surface area (Å²) in [4.78, 5) is 25.9. The fraction of sp³-hybridized carbons (Fsp3) is 0.556. The van der Waals surface area contributed by atoms with Crippen molar-refractivity contribution in [3.05, 3.63) is 29.8 Å². The number of carbonyl (C=O) groups is 2. The van der Waals surface area contributed by atoms with Crippen LogP contribution in [-0.2, 0) is 0 Å². The number of likely N-dealkylation sites (tertiary alicyclic amines) is 1. The van der Waals surface area contributed by atoms with Crippen LogP contribution in [0.2, 0.25) is 0 Å². The van der Waals surface area contributed by atoms with Crippen molar-refractivity contribution >= 4 is 17.5 Å². The Morgan fingerprint density at radius 3 is 2.61 bits per heavy atom. The molecular formula is C18H25FN2O2. The van der Waals surface area contributed by atoms with E-state index in [-0.39, 0.29) is 30.3 Å². The van der Waals surface area contributed by atoms with Gasteiger partial charge in [0.25, 0.3) is 0 Å². The molecule has 2 rings (SSSR count). The first kappa shape index (κ1) is 17.4. The molecule has 0 spiro atoms. The smallest absolute Gasteiger partial charge is 0.321 e. The molecule has 1 heterocycles.